The number of nitrogens with one attached hydrogen (secondary N) is 1. The third-order valence-corrected chi connectivity index (χ3v) is 5.46. The molecule has 1 N–H and O–H groups in total. The summed E-state index contributed by atoms with van der Waals surface area (Å²) in [5, 5.41) is 2.80. The second-order valence-corrected chi connectivity index (χ2v) is 7.67. The molecule has 0 saturated heterocycles. The topological polar surface area (TPSA) is 42.0 Å². The van der Waals surface area contributed by atoms with Crippen LogP contribution in [0.5, 0.6) is 0 Å². The highest BCUT2D eigenvalue weighted by Crippen LogP contribution is 2.36. The fourth-order valence-electron chi connectivity index (χ4n) is 3.84. The molecule has 3 nitrogen and oxygen atoms in total. The number of hydrogen-bond acceptors (Lipinski definition) is 2. The molecule has 0 bridgehead atoms. The minimum atomic E-state index is -2.64. The van der Waals surface area contributed by atoms with Crippen molar-refractivity contribution in [3.63, 3.8) is 0 Å². The molecule has 0 saturated carbocycles. The average Bonchev–Trinajstić information content (AvgIpc) is 2.68. The number of aromatic nitrogens is 1. The van der Waals surface area contributed by atoms with Gasteiger partial charge in [0.25, 0.3) is 11.8 Å². The third-order valence-electron chi connectivity index (χ3n) is 5.46. The van der Waals surface area contributed by atoms with Crippen LogP contribution in [0.25, 0.3) is 11.1 Å². The second kappa shape index (κ2) is 7.39. The maximum atomic E-state index is 13.8. The maximum absolute atomic E-state index is 13.8. The quantitative estimate of drug-likeness (QED) is 0.617. The first-order valence-corrected chi connectivity index (χ1v) is 9.66. The van der Waals surface area contributed by atoms with Crippen molar-refractivity contribution >= 4 is 11.7 Å². The van der Waals surface area contributed by atoms with Crippen molar-refractivity contribution < 1.29 is 13.6 Å². The van der Waals surface area contributed by atoms with Crippen LogP contribution in [0.3, 0.4) is 0 Å². The normalized spacial score (nSPS) is 14.9. The number of rotatable bonds is 3. The van der Waals surface area contributed by atoms with Crippen LogP contribution < -0.4 is 5.32 Å². The smallest absolute Gasteiger partial charge is 0.257 e. The largest absolute Gasteiger partial charge is 0.307 e. The molecule has 0 atom stereocenters. The summed E-state index contributed by atoms with van der Waals surface area (Å²) in [5.41, 5.74) is 5.98. The highest BCUT2D eigenvalue weighted by Gasteiger charge is 2.34. The minimum absolute atomic E-state index is 0.0877. The number of fused-ring (bicyclic) bond motifs is 1. The predicted molar refractivity (Wildman–Crippen MR) is 111 cm³/mol. The number of benzene rings is 2. The molecule has 1 aliphatic rings. The van der Waals surface area contributed by atoms with E-state index in [0.717, 1.165) is 27.8 Å². The van der Waals surface area contributed by atoms with Gasteiger partial charge in [-0.2, -0.15) is 0 Å². The van der Waals surface area contributed by atoms with Crippen LogP contribution in [-0.4, -0.2) is 16.8 Å². The molecule has 0 unspecified atom stereocenters. The molecule has 1 amide bonds. The van der Waals surface area contributed by atoms with Gasteiger partial charge in [-0.15, -0.1) is 0 Å². The predicted octanol–water partition coefficient (Wildman–Crippen LogP) is 5.74. The zero-order valence-electron chi connectivity index (χ0n) is 16.4. The van der Waals surface area contributed by atoms with Gasteiger partial charge in [0.2, 0.25) is 0 Å². The lowest BCUT2D eigenvalue weighted by atomic mass is 9.85. The monoisotopic (exact) mass is 392 g/mol. The number of carbonyl (C=O) groups excluding carboxylic acids is 1. The number of nitrogens with zero attached hydrogens (tertiary/aromatic N) is 1. The summed E-state index contributed by atoms with van der Waals surface area (Å²) >= 11 is 0. The molecule has 1 aromatic heterocycles. The molecule has 0 fully saturated rings. The summed E-state index contributed by atoms with van der Waals surface area (Å²) in [6.07, 6.45) is 1.78. The van der Waals surface area contributed by atoms with E-state index in [4.69, 9.17) is 0 Å². The van der Waals surface area contributed by atoms with E-state index >= 15 is 0 Å². The van der Waals surface area contributed by atoms with Crippen LogP contribution >= 0.6 is 0 Å². The number of aryl methyl sites for hydroxylation is 3. The molecule has 0 spiro atoms. The zero-order chi connectivity index (χ0) is 20.6. The fraction of sp³-hybridized carbons (Fsp3) is 0.250. The molecule has 29 heavy (non-hydrogen) atoms. The van der Waals surface area contributed by atoms with Crippen LogP contribution in [0.1, 0.15) is 39.0 Å². The Hall–Kier alpha value is -3.08. The Morgan fingerprint density at radius 1 is 1.03 bits per heavy atom. The molecular formula is C24H22F2N2O. The first-order valence-electron chi connectivity index (χ1n) is 9.66. The van der Waals surface area contributed by atoms with E-state index < -0.39 is 5.92 Å². The number of amides is 1. The van der Waals surface area contributed by atoms with E-state index in [0.29, 0.717) is 23.4 Å². The maximum Gasteiger partial charge on any atom is 0.257 e. The number of anilines is 1. The van der Waals surface area contributed by atoms with E-state index in [1.165, 1.54) is 0 Å². The van der Waals surface area contributed by atoms with Gasteiger partial charge in [-0.1, -0.05) is 30.3 Å². The Morgan fingerprint density at radius 3 is 2.55 bits per heavy atom. The lowest BCUT2D eigenvalue weighted by Crippen LogP contribution is -2.26. The minimum Gasteiger partial charge on any atom is -0.307 e. The standard InChI is InChI=1S/C24H22F2N2O/c1-15-5-3-4-6-20(15)23(29)28-22-8-7-18(14-27-22)21-12-19-13-24(25,26)10-9-17(19)11-16(21)2/h3-8,11-12,14H,9-10,13H2,1-2H3,(H,27,28,29). The highest BCUT2D eigenvalue weighted by atomic mass is 19.3. The summed E-state index contributed by atoms with van der Waals surface area (Å²) in [7, 11) is 0. The van der Waals surface area contributed by atoms with Gasteiger partial charge in [-0.3, -0.25) is 4.79 Å². The summed E-state index contributed by atoms with van der Waals surface area (Å²) < 4.78 is 27.6. The van der Waals surface area contributed by atoms with Crippen molar-refractivity contribution in [2.45, 2.75) is 39.0 Å². The summed E-state index contributed by atoms with van der Waals surface area (Å²) in [6, 6.07) is 14.8. The molecular weight excluding hydrogens is 370 g/mol. The lowest BCUT2D eigenvalue weighted by molar-refractivity contribution is -0.0122. The van der Waals surface area contributed by atoms with Crippen molar-refractivity contribution in [1.82, 2.24) is 4.98 Å². The van der Waals surface area contributed by atoms with Crippen LogP contribution in [0.2, 0.25) is 0 Å². The molecule has 148 valence electrons. The zero-order valence-corrected chi connectivity index (χ0v) is 16.4. The van der Waals surface area contributed by atoms with E-state index in [2.05, 4.69) is 10.3 Å². The van der Waals surface area contributed by atoms with Crippen molar-refractivity contribution in [2.75, 3.05) is 5.32 Å². The highest BCUT2D eigenvalue weighted by molar-refractivity contribution is 6.04. The van der Waals surface area contributed by atoms with Gasteiger partial charge in [0.15, 0.2) is 0 Å². The molecule has 0 aliphatic heterocycles. The van der Waals surface area contributed by atoms with Gasteiger partial charge in [0, 0.05) is 30.2 Å². The second-order valence-electron chi connectivity index (χ2n) is 7.67. The average molecular weight is 392 g/mol. The van der Waals surface area contributed by atoms with E-state index in [1.807, 2.05) is 50.2 Å². The number of carbonyl (C=O) groups is 1. The first kappa shape index (κ1) is 19.2. The van der Waals surface area contributed by atoms with Crippen molar-refractivity contribution in [3.05, 3.63) is 82.5 Å². The fourth-order valence-corrected chi connectivity index (χ4v) is 3.84. The van der Waals surface area contributed by atoms with E-state index in [-0.39, 0.29) is 18.7 Å². The van der Waals surface area contributed by atoms with Crippen LogP contribution in [0.15, 0.2) is 54.7 Å². The van der Waals surface area contributed by atoms with Crippen LogP contribution in [0, 0.1) is 13.8 Å². The number of halogens is 2. The van der Waals surface area contributed by atoms with Crippen LogP contribution in [-0.2, 0) is 12.8 Å². The molecule has 4 rings (SSSR count). The summed E-state index contributed by atoms with van der Waals surface area (Å²) in [5.74, 6) is -2.40. The molecule has 1 aliphatic carbocycles. The van der Waals surface area contributed by atoms with Gasteiger partial charge >= 0.3 is 0 Å². The van der Waals surface area contributed by atoms with Crippen molar-refractivity contribution in [3.8, 4) is 11.1 Å². The SMILES string of the molecule is Cc1ccccc1C(=O)Nc1ccc(-c2cc3c(cc2C)CCC(F)(F)C3)cn1. The first-order chi connectivity index (χ1) is 13.8. The van der Waals surface area contributed by atoms with Gasteiger partial charge in [-0.25, -0.2) is 13.8 Å². The van der Waals surface area contributed by atoms with Gasteiger partial charge in [0.1, 0.15) is 5.82 Å². The lowest BCUT2D eigenvalue weighted by Gasteiger charge is -2.25. The summed E-state index contributed by atoms with van der Waals surface area (Å²) in [4.78, 5) is 16.8. The molecule has 5 heteroatoms. The van der Waals surface area contributed by atoms with Crippen LogP contribution in [0.4, 0.5) is 14.6 Å². The van der Waals surface area contributed by atoms with Crippen molar-refractivity contribution in [1.29, 1.82) is 0 Å². The summed E-state index contributed by atoms with van der Waals surface area (Å²) in [6.45, 7) is 3.87. The molecule has 3 aromatic rings. The molecule has 1 heterocycles. The molecule has 0 radical (unpaired) electrons. The Bertz CT molecular complexity index is 1070. The van der Waals surface area contributed by atoms with Gasteiger partial charge < -0.3 is 5.32 Å². The van der Waals surface area contributed by atoms with Gasteiger partial charge in [0.05, 0.1) is 0 Å². The Morgan fingerprint density at radius 2 is 1.83 bits per heavy atom. The van der Waals surface area contributed by atoms with E-state index in [9.17, 15) is 13.6 Å². The molecule has 2 aromatic carbocycles. The third kappa shape index (κ3) is 4.04. The number of alkyl halides is 2. The van der Waals surface area contributed by atoms with Gasteiger partial charge in [-0.05, 0) is 66.3 Å². The Kier molecular flexibility index (Phi) is 4.91. The van der Waals surface area contributed by atoms with E-state index in [1.54, 1.807) is 18.3 Å². The Balaban J connectivity index is 1.57. The van der Waals surface area contributed by atoms with Crippen molar-refractivity contribution in [2.24, 2.45) is 0 Å². The number of pyridine rings is 1. The Labute approximate surface area is 168 Å². The number of hydrogen-bond donors (Lipinski definition) is 1.